The highest BCUT2D eigenvalue weighted by Gasteiger charge is 2.48. The maximum atomic E-state index is 14.3. The molecule has 2 N–H and O–H groups in total. The Morgan fingerprint density at radius 2 is 1.62 bits per heavy atom. The molecular weight excluding hydrogens is 545 g/mol. The number of hydrogen-bond acceptors (Lipinski definition) is 4. The second-order valence-corrected chi connectivity index (χ2v) is 12.6. The van der Waals surface area contributed by atoms with Gasteiger partial charge in [0.15, 0.2) is 0 Å². The van der Waals surface area contributed by atoms with Crippen molar-refractivity contribution in [3.63, 3.8) is 0 Å². The lowest BCUT2D eigenvalue weighted by Gasteiger charge is -2.48. The normalized spacial score (nSPS) is 27.2. The van der Waals surface area contributed by atoms with Crippen LogP contribution < -0.4 is 10.6 Å². The number of rotatable bonds is 9. The lowest BCUT2D eigenvalue weighted by molar-refractivity contribution is -0.139. The minimum atomic E-state index is -0.248. The van der Waals surface area contributed by atoms with Crippen molar-refractivity contribution in [1.82, 2.24) is 25.3 Å². The van der Waals surface area contributed by atoms with Crippen molar-refractivity contribution >= 4 is 35.9 Å². The number of halogens is 2. The summed E-state index contributed by atoms with van der Waals surface area (Å²) in [6.45, 7) is 7.56. The van der Waals surface area contributed by atoms with E-state index in [0.29, 0.717) is 18.5 Å². The molecule has 4 aliphatic rings. The van der Waals surface area contributed by atoms with E-state index in [9.17, 15) is 9.59 Å². The second-order valence-electron chi connectivity index (χ2n) is 12.1. The highest BCUT2D eigenvalue weighted by atomic mass is 35.5. The van der Waals surface area contributed by atoms with Crippen LogP contribution in [0.5, 0.6) is 0 Å². The smallest absolute Gasteiger partial charge is 0.320 e. The van der Waals surface area contributed by atoms with E-state index in [1.807, 2.05) is 29.2 Å². The summed E-state index contributed by atoms with van der Waals surface area (Å²) in [5.41, 5.74) is 1.13. The molecule has 0 aromatic heterocycles. The van der Waals surface area contributed by atoms with Gasteiger partial charge in [0.25, 0.3) is 0 Å². The Morgan fingerprint density at radius 3 is 2.20 bits per heavy atom. The van der Waals surface area contributed by atoms with Crippen molar-refractivity contribution in [2.75, 3.05) is 26.2 Å². The van der Waals surface area contributed by atoms with E-state index in [1.165, 1.54) is 19.3 Å². The molecule has 1 saturated carbocycles. The molecule has 224 valence electrons. The van der Waals surface area contributed by atoms with E-state index in [4.69, 9.17) is 11.6 Å². The summed E-state index contributed by atoms with van der Waals surface area (Å²) in [6, 6.07) is 9.19. The first kappa shape index (κ1) is 31.4. The molecular formula is C31H49Cl2N5O2. The molecule has 3 amide bonds. The minimum absolute atomic E-state index is 0. The van der Waals surface area contributed by atoms with E-state index in [2.05, 4.69) is 34.3 Å². The number of carbonyl (C=O) groups is 2. The second kappa shape index (κ2) is 14.6. The lowest BCUT2D eigenvalue weighted by atomic mass is 9.89. The monoisotopic (exact) mass is 593 g/mol. The third-order valence-electron chi connectivity index (χ3n) is 9.73. The molecule has 3 saturated heterocycles. The van der Waals surface area contributed by atoms with Crippen molar-refractivity contribution in [2.45, 2.75) is 121 Å². The Kier molecular flexibility index (Phi) is 11.4. The largest absolute Gasteiger partial charge is 0.335 e. The summed E-state index contributed by atoms with van der Waals surface area (Å²) in [5.74, 6) is 0.238. The molecule has 3 heterocycles. The van der Waals surface area contributed by atoms with Crippen molar-refractivity contribution in [2.24, 2.45) is 0 Å². The van der Waals surface area contributed by atoms with Gasteiger partial charge >= 0.3 is 6.03 Å². The van der Waals surface area contributed by atoms with Gasteiger partial charge in [0.1, 0.15) is 0 Å². The van der Waals surface area contributed by atoms with E-state index in [-0.39, 0.29) is 48.5 Å². The average molecular weight is 595 g/mol. The van der Waals surface area contributed by atoms with Gasteiger partial charge in [-0.15, -0.1) is 12.4 Å². The summed E-state index contributed by atoms with van der Waals surface area (Å²) in [6.07, 6.45) is 11.6. The molecule has 4 atom stereocenters. The molecule has 1 aromatic carbocycles. The van der Waals surface area contributed by atoms with Gasteiger partial charge < -0.3 is 25.3 Å². The van der Waals surface area contributed by atoms with Crippen LogP contribution in [0.4, 0.5) is 4.79 Å². The summed E-state index contributed by atoms with van der Waals surface area (Å²) in [4.78, 5) is 34.6. The Balaban J connectivity index is 0.00000370. The molecule has 7 nitrogen and oxygen atoms in total. The number of benzene rings is 1. The van der Waals surface area contributed by atoms with Crippen molar-refractivity contribution < 1.29 is 9.59 Å². The van der Waals surface area contributed by atoms with E-state index in [0.717, 1.165) is 81.7 Å². The number of fused-ring (bicyclic) bond motifs is 2. The van der Waals surface area contributed by atoms with Crippen molar-refractivity contribution in [1.29, 1.82) is 0 Å². The van der Waals surface area contributed by atoms with Gasteiger partial charge in [0.2, 0.25) is 5.91 Å². The highest BCUT2D eigenvalue weighted by molar-refractivity contribution is 6.30. The predicted octanol–water partition coefficient (Wildman–Crippen LogP) is 5.24. The number of nitrogens with one attached hydrogen (secondary N) is 2. The third-order valence-corrected chi connectivity index (χ3v) is 9.98. The molecule has 40 heavy (non-hydrogen) atoms. The summed E-state index contributed by atoms with van der Waals surface area (Å²) in [7, 11) is 0. The SMILES string of the molecule is CCN(CC)C(=O)N(C1CCCCC1)C1CC2CCC(C1)N2C(=O)[C@@H](Cc1ccc(Cl)cc1)NC1CCNC1.Cl. The van der Waals surface area contributed by atoms with Gasteiger partial charge in [0, 0.05) is 54.9 Å². The number of piperidine rings is 1. The van der Waals surface area contributed by atoms with E-state index in [1.54, 1.807) is 0 Å². The standard InChI is InChI=1S/C31H48ClN5O2.ClH/c1-3-35(4-2)31(39)37(25-8-6-5-7-9-25)28-19-26-14-15-27(20-28)36(26)30(38)29(34-24-16-17-33-21-24)18-22-10-12-23(32)13-11-22;/h10-13,24-29,33-34H,3-9,14-21H2,1-2H3;1H/t24?,26?,27?,28?,29-;/m1./s1. The molecule has 5 rings (SSSR count). The summed E-state index contributed by atoms with van der Waals surface area (Å²) < 4.78 is 0. The third kappa shape index (κ3) is 7.08. The number of amides is 3. The molecule has 2 bridgehead atoms. The molecule has 0 spiro atoms. The fourth-order valence-corrected chi connectivity index (χ4v) is 7.82. The molecule has 4 fully saturated rings. The molecule has 3 unspecified atom stereocenters. The Bertz CT molecular complexity index is 949. The van der Waals surface area contributed by atoms with Gasteiger partial charge in [-0.2, -0.15) is 0 Å². The van der Waals surface area contributed by atoms with E-state index >= 15 is 0 Å². The average Bonchev–Trinajstić information content (AvgIpc) is 3.56. The number of urea groups is 1. The van der Waals surface area contributed by atoms with Gasteiger partial charge in [0.05, 0.1) is 6.04 Å². The van der Waals surface area contributed by atoms with Crippen LogP contribution in [0.15, 0.2) is 24.3 Å². The van der Waals surface area contributed by atoms with Crippen LogP contribution in [0, 0.1) is 0 Å². The lowest BCUT2D eigenvalue weighted by Crippen LogP contribution is -2.61. The Hall–Kier alpha value is -1.54. The van der Waals surface area contributed by atoms with Crippen LogP contribution in [0.2, 0.25) is 5.02 Å². The van der Waals surface area contributed by atoms with Gasteiger partial charge in [-0.05, 0) is 89.5 Å². The molecule has 1 aliphatic carbocycles. The van der Waals surface area contributed by atoms with E-state index < -0.39 is 0 Å². The highest BCUT2D eigenvalue weighted by Crippen LogP contribution is 2.40. The summed E-state index contributed by atoms with van der Waals surface area (Å²) in [5, 5.41) is 7.87. The van der Waals surface area contributed by atoms with Crippen LogP contribution in [0.1, 0.15) is 83.6 Å². The zero-order chi connectivity index (χ0) is 27.4. The minimum Gasteiger partial charge on any atom is -0.335 e. The number of nitrogens with zero attached hydrogens (tertiary/aromatic N) is 3. The fourth-order valence-electron chi connectivity index (χ4n) is 7.70. The van der Waals surface area contributed by atoms with Crippen LogP contribution in [-0.2, 0) is 11.2 Å². The first-order valence-corrected chi connectivity index (χ1v) is 16.0. The number of carbonyl (C=O) groups excluding carboxylic acids is 2. The maximum Gasteiger partial charge on any atom is 0.320 e. The van der Waals surface area contributed by atoms with Gasteiger partial charge in [-0.3, -0.25) is 4.79 Å². The van der Waals surface area contributed by atoms with Crippen LogP contribution in [0.25, 0.3) is 0 Å². The zero-order valence-electron chi connectivity index (χ0n) is 24.3. The Morgan fingerprint density at radius 1 is 0.975 bits per heavy atom. The predicted molar refractivity (Wildman–Crippen MR) is 164 cm³/mol. The molecule has 1 aromatic rings. The fraction of sp³-hybridized carbons (Fsp3) is 0.742. The molecule has 3 aliphatic heterocycles. The van der Waals surface area contributed by atoms with Crippen LogP contribution in [-0.4, -0.2) is 89.1 Å². The topological polar surface area (TPSA) is 67.9 Å². The zero-order valence-corrected chi connectivity index (χ0v) is 25.9. The first-order valence-electron chi connectivity index (χ1n) is 15.6. The first-order chi connectivity index (χ1) is 19.0. The molecule has 0 radical (unpaired) electrons. The van der Waals surface area contributed by atoms with Crippen LogP contribution >= 0.6 is 24.0 Å². The summed E-state index contributed by atoms with van der Waals surface area (Å²) >= 11 is 6.14. The van der Waals surface area contributed by atoms with Crippen molar-refractivity contribution in [3.8, 4) is 0 Å². The quantitative estimate of drug-likeness (QED) is 0.411. The Labute approximate surface area is 252 Å². The maximum absolute atomic E-state index is 14.3. The van der Waals surface area contributed by atoms with Gasteiger partial charge in [-0.25, -0.2) is 4.79 Å². The molecule has 9 heteroatoms. The number of hydrogen-bond donors (Lipinski definition) is 2. The van der Waals surface area contributed by atoms with Crippen LogP contribution in [0.3, 0.4) is 0 Å². The van der Waals surface area contributed by atoms with Crippen molar-refractivity contribution in [3.05, 3.63) is 34.9 Å². The van der Waals surface area contributed by atoms with Gasteiger partial charge in [-0.1, -0.05) is 43.0 Å².